The molecule has 1 aliphatic rings. The lowest BCUT2D eigenvalue weighted by Gasteiger charge is -2.21. The van der Waals surface area contributed by atoms with Crippen molar-refractivity contribution in [2.45, 2.75) is 38.6 Å². The molecule has 0 saturated heterocycles. The largest absolute Gasteiger partial charge is 0.366 e. The molecule has 0 amide bonds. The van der Waals surface area contributed by atoms with Crippen LogP contribution in [0.1, 0.15) is 37.1 Å². The predicted octanol–water partition coefficient (Wildman–Crippen LogP) is 1.31. The molecule has 0 radical (unpaired) electrons. The smallest absolute Gasteiger partial charge is 0.148 e. The first-order valence-corrected chi connectivity index (χ1v) is 6.77. The van der Waals surface area contributed by atoms with Gasteiger partial charge in [-0.2, -0.15) is 0 Å². The molecule has 1 aromatic heterocycles. The molecule has 1 atom stereocenters. The molecule has 6 nitrogen and oxygen atoms in total. The first kappa shape index (κ1) is 14.0. The van der Waals surface area contributed by atoms with Gasteiger partial charge in [0.1, 0.15) is 17.5 Å². The van der Waals surface area contributed by atoms with Crippen molar-refractivity contribution in [1.29, 1.82) is 0 Å². The van der Waals surface area contributed by atoms with E-state index in [2.05, 4.69) is 46.6 Å². The molecule has 2 rings (SSSR count). The highest BCUT2D eigenvalue weighted by Crippen LogP contribution is 2.39. The first-order valence-electron chi connectivity index (χ1n) is 6.77. The molecule has 1 heterocycles. The molecule has 0 spiro atoms. The Morgan fingerprint density at radius 3 is 2.47 bits per heavy atom. The number of nitrogens with two attached hydrogens (primary N) is 1. The highest BCUT2D eigenvalue weighted by molar-refractivity contribution is 5.57. The van der Waals surface area contributed by atoms with Gasteiger partial charge >= 0.3 is 0 Å². The Balaban J connectivity index is 2.20. The maximum absolute atomic E-state index is 5.54. The van der Waals surface area contributed by atoms with Gasteiger partial charge in [-0.1, -0.05) is 0 Å². The minimum absolute atomic E-state index is 0.321. The van der Waals surface area contributed by atoms with Crippen LogP contribution in [0.5, 0.6) is 0 Å². The molecule has 1 fully saturated rings. The van der Waals surface area contributed by atoms with E-state index in [1.165, 1.54) is 12.8 Å². The number of anilines is 2. The topological polar surface area (TPSA) is 79.1 Å². The maximum Gasteiger partial charge on any atom is 0.148 e. The van der Waals surface area contributed by atoms with Crippen molar-refractivity contribution in [1.82, 2.24) is 14.9 Å². The van der Waals surface area contributed by atoms with Crippen LogP contribution >= 0.6 is 0 Å². The quantitative estimate of drug-likeness (QED) is 0.531. The third-order valence-electron chi connectivity index (χ3n) is 3.26. The fourth-order valence-electron chi connectivity index (χ4n) is 2.17. The van der Waals surface area contributed by atoms with Gasteiger partial charge in [0, 0.05) is 24.1 Å². The van der Waals surface area contributed by atoms with Crippen LogP contribution in [0.4, 0.5) is 11.6 Å². The Kier molecular flexibility index (Phi) is 4.21. The van der Waals surface area contributed by atoms with E-state index in [4.69, 9.17) is 5.84 Å². The van der Waals surface area contributed by atoms with E-state index < -0.39 is 0 Å². The number of likely N-dealkylation sites (N-methyl/N-ethyl adjacent to an activating group) is 1. The van der Waals surface area contributed by atoms with Crippen molar-refractivity contribution in [3.63, 3.8) is 0 Å². The zero-order chi connectivity index (χ0) is 14.0. The van der Waals surface area contributed by atoms with Gasteiger partial charge in [-0.25, -0.2) is 15.8 Å². The molecule has 106 valence electrons. The molecule has 1 aromatic rings. The Labute approximate surface area is 114 Å². The Morgan fingerprint density at radius 1 is 1.32 bits per heavy atom. The third-order valence-corrected chi connectivity index (χ3v) is 3.26. The van der Waals surface area contributed by atoms with Gasteiger partial charge in [0.05, 0.1) is 0 Å². The summed E-state index contributed by atoms with van der Waals surface area (Å²) in [7, 11) is 4.13. The number of rotatable bonds is 6. The van der Waals surface area contributed by atoms with E-state index in [1.54, 1.807) is 0 Å². The molecular weight excluding hydrogens is 240 g/mol. The van der Waals surface area contributed by atoms with Crippen LogP contribution in [0.25, 0.3) is 0 Å². The highest BCUT2D eigenvalue weighted by atomic mass is 15.3. The summed E-state index contributed by atoms with van der Waals surface area (Å²) in [6, 6.07) is 0.321. The van der Waals surface area contributed by atoms with E-state index in [1.807, 2.05) is 6.92 Å². The van der Waals surface area contributed by atoms with Crippen LogP contribution in [0.2, 0.25) is 0 Å². The standard InChI is InChI=1S/C13H24N6/c1-8(7-19(3)4)15-11-9(2)12(18-14)17-13(16-11)10-5-6-10/h8,10H,5-7,14H2,1-4H3,(H2,15,16,17,18). The Hall–Kier alpha value is -1.40. The van der Waals surface area contributed by atoms with Gasteiger partial charge in [-0.15, -0.1) is 0 Å². The third kappa shape index (κ3) is 3.54. The average Bonchev–Trinajstić information content (AvgIpc) is 3.14. The minimum atomic E-state index is 0.321. The van der Waals surface area contributed by atoms with Crippen molar-refractivity contribution in [3.05, 3.63) is 11.4 Å². The van der Waals surface area contributed by atoms with E-state index >= 15 is 0 Å². The summed E-state index contributed by atoms with van der Waals surface area (Å²) in [6.07, 6.45) is 2.36. The lowest BCUT2D eigenvalue weighted by atomic mass is 10.2. The molecule has 1 saturated carbocycles. The number of hydrazine groups is 1. The normalized spacial score (nSPS) is 16.5. The molecule has 0 aromatic carbocycles. The monoisotopic (exact) mass is 264 g/mol. The van der Waals surface area contributed by atoms with E-state index in [0.29, 0.717) is 12.0 Å². The number of aromatic nitrogens is 2. The summed E-state index contributed by atoms with van der Waals surface area (Å²) >= 11 is 0. The summed E-state index contributed by atoms with van der Waals surface area (Å²) in [4.78, 5) is 11.3. The van der Waals surface area contributed by atoms with Crippen LogP contribution in [-0.4, -0.2) is 41.5 Å². The molecule has 6 heteroatoms. The fraction of sp³-hybridized carbons (Fsp3) is 0.692. The summed E-state index contributed by atoms with van der Waals surface area (Å²) in [5.74, 6) is 8.56. The summed E-state index contributed by atoms with van der Waals surface area (Å²) in [6.45, 7) is 5.08. The second-order valence-electron chi connectivity index (χ2n) is 5.63. The van der Waals surface area contributed by atoms with Crippen LogP contribution in [0.15, 0.2) is 0 Å². The number of hydrogen-bond donors (Lipinski definition) is 3. The van der Waals surface area contributed by atoms with Crippen LogP contribution in [0, 0.1) is 6.92 Å². The molecule has 0 bridgehead atoms. The lowest BCUT2D eigenvalue weighted by molar-refractivity contribution is 0.391. The molecule has 1 aliphatic carbocycles. The summed E-state index contributed by atoms with van der Waals surface area (Å²) < 4.78 is 0. The van der Waals surface area contributed by atoms with Crippen LogP contribution in [-0.2, 0) is 0 Å². The van der Waals surface area contributed by atoms with Crippen molar-refractivity contribution in [2.24, 2.45) is 5.84 Å². The van der Waals surface area contributed by atoms with Gasteiger partial charge in [-0.3, -0.25) is 0 Å². The summed E-state index contributed by atoms with van der Waals surface area (Å²) in [5, 5.41) is 3.45. The van der Waals surface area contributed by atoms with Crippen molar-refractivity contribution in [3.8, 4) is 0 Å². The van der Waals surface area contributed by atoms with E-state index in [0.717, 1.165) is 29.6 Å². The Morgan fingerprint density at radius 2 is 1.95 bits per heavy atom. The SMILES string of the molecule is Cc1c(NN)nc(C2CC2)nc1NC(C)CN(C)C. The second-order valence-corrected chi connectivity index (χ2v) is 5.63. The maximum atomic E-state index is 5.54. The van der Waals surface area contributed by atoms with Gasteiger partial charge in [-0.05, 0) is 40.8 Å². The predicted molar refractivity (Wildman–Crippen MR) is 78.2 cm³/mol. The molecule has 1 unspecified atom stereocenters. The second kappa shape index (κ2) is 5.71. The zero-order valence-electron chi connectivity index (χ0n) is 12.2. The van der Waals surface area contributed by atoms with Gasteiger partial charge in [0.25, 0.3) is 0 Å². The van der Waals surface area contributed by atoms with Gasteiger partial charge < -0.3 is 15.6 Å². The highest BCUT2D eigenvalue weighted by Gasteiger charge is 2.28. The minimum Gasteiger partial charge on any atom is -0.366 e. The molecule has 19 heavy (non-hydrogen) atoms. The van der Waals surface area contributed by atoms with Crippen molar-refractivity contribution in [2.75, 3.05) is 31.4 Å². The van der Waals surface area contributed by atoms with Crippen LogP contribution in [0.3, 0.4) is 0 Å². The van der Waals surface area contributed by atoms with Crippen molar-refractivity contribution < 1.29 is 0 Å². The summed E-state index contributed by atoms with van der Waals surface area (Å²) in [5.41, 5.74) is 3.64. The number of nitrogen functional groups attached to an aromatic ring is 1. The number of nitrogens with zero attached hydrogens (tertiary/aromatic N) is 3. The molecule has 4 N–H and O–H groups in total. The van der Waals surface area contributed by atoms with E-state index in [9.17, 15) is 0 Å². The molecular formula is C13H24N6. The van der Waals surface area contributed by atoms with Crippen LogP contribution < -0.4 is 16.6 Å². The lowest BCUT2D eigenvalue weighted by Crippen LogP contribution is -2.30. The van der Waals surface area contributed by atoms with E-state index in [-0.39, 0.29) is 0 Å². The van der Waals surface area contributed by atoms with Crippen molar-refractivity contribution >= 4 is 11.6 Å². The van der Waals surface area contributed by atoms with Gasteiger partial charge in [0.15, 0.2) is 0 Å². The number of nitrogens with one attached hydrogen (secondary N) is 2. The molecule has 0 aliphatic heterocycles. The average molecular weight is 264 g/mol. The zero-order valence-corrected chi connectivity index (χ0v) is 12.2. The first-order chi connectivity index (χ1) is 9.01. The number of hydrogen-bond acceptors (Lipinski definition) is 6. The Bertz CT molecular complexity index is 441. The van der Waals surface area contributed by atoms with Gasteiger partial charge in [0.2, 0.25) is 0 Å². The fourth-order valence-corrected chi connectivity index (χ4v) is 2.17.